The minimum absolute atomic E-state index is 0.185. The molecule has 0 N–H and O–H groups in total. The number of benzene rings is 3. The Morgan fingerprint density at radius 3 is 1.91 bits per heavy atom. The van der Waals surface area contributed by atoms with Crippen LogP contribution in [0.25, 0.3) is 6.08 Å². The zero-order valence-electron chi connectivity index (χ0n) is 18.5. The van der Waals surface area contributed by atoms with Crippen LogP contribution in [0.3, 0.4) is 0 Å². The van der Waals surface area contributed by atoms with Crippen molar-refractivity contribution in [3.63, 3.8) is 0 Å². The number of hydrogen-bond donors (Lipinski definition) is 0. The van der Waals surface area contributed by atoms with Crippen LogP contribution in [0.4, 0.5) is 11.4 Å². The standard InChI is InChI=1S/C28H26N4O/c29-19-25(28(33)31-16-14-30(15-17-31)26-8-2-1-3-9-26)18-22-10-12-27(13-11-22)32-20-23-6-4-5-7-24(23)21-32/h1-13,18H,14-17,20-21H2. The number of amides is 1. The Balaban J connectivity index is 1.23. The van der Waals surface area contributed by atoms with Crippen molar-refractivity contribution < 1.29 is 4.79 Å². The second-order valence-electron chi connectivity index (χ2n) is 8.50. The van der Waals surface area contributed by atoms with Crippen LogP contribution in [-0.4, -0.2) is 37.0 Å². The van der Waals surface area contributed by atoms with Crippen LogP contribution in [0.2, 0.25) is 0 Å². The molecule has 3 aromatic carbocycles. The molecule has 0 aliphatic carbocycles. The molecule has 0 atom stereocenters. The lowest BCUT2D eigenvalue weighted by molar-refractivity contribution is -0.126. The van der Waals surface area contributed by atoms with Gasteiger partial charge in [0.05, 0.1) is 0 Å². The van der Waals surface area contributed by atoms with Gasteiger partial charge in [-0.15, -0.1) is 0 Å². The second kappa shape index (κ2) is 9.22. The minimum atomic E-state index is -0.190. The Bertz CT molecular complexity index is 1180. The Hall–Kier alpha value is -4.04. The summed E-state index contributed by atoms with van der Waals surface area (Å²) >= 11 is 0. The van der Waals surface area contributed by atoms with Crippen molar-refractivity contribution in [1.29, 1.82) is 5.26 Å². The molecule has 0 aromatic heterocycles. The molecule has 33 heavy (non-hydrogen) atoms. The van der Waals surface area contributed by atoms with Crippen LogP contribution in [0.1, 0.15) is 16.7 Å². The summed E-state index contributed by atoms with van der Waals surface area (Å²) in [5, 5.41) is 9.66. The summed E-state index contributed by atoms with van der Waals surface area (Å²) in [5.41, 5.74) is 6.09. The van der Waals surface area contributed by atoms with E-state index < -0.39 is 0 Å². The number of nitriles is 1. The van der Waals surface area contributed by atoms with Crippen LogP contribution in [-0.2, 0) is 17.9 Å². The monoisotopic (exact) mass is 434 g/mol. The van der Waals surface area contributed by atoms with E-state index in [-0.39, 0.29) is 11.5 Å². The molecule has 2 heterocycles. The van der Waals surface area contributed by atoms with E-state index in [1.165, 1.54) is 16.8 Å². The quantitative estimate of drug-likeness (QED) is 0.449. The van der Waals surface area contributed by atoms with Crippen molar-refractivity contribution in [2.45, 2.75) is 13.1 Å². The first-order valence-corrected chi connectivity index (χ1v) is 11.3. The highest BCUT2D eigenvalue weighted by Crippen LogP contribution is 2.28. The van der Waals surface area contributed by atoms with Crippen LogP contribution >= 0.6 is 0 Å². The third-order valence-electron chi connectivity index (χ3n) is 6.45. The lowest BCUT2D eigenvalue weighted by Gasteiger charge is -2.36. The predicted octanol–water partition coefficient (Wildman–Crippen LogP) is 4.46. The van der Waals surface area contributed by atoms with Gasteiger partial charge in [-0.05, 0) is 47.0 Å². The molecule has 2 aliphatic rings. The number of fused-ring (bicyclic) bond motifs is 1. The van der Waals surface area contributed by atoms with E-state index in [4.69, 9.17) is 0 Å². The molecule has 0 unspecified atom stereocenters. The average Bonchev–Trinajstić information content (AvgIpc) is 3.32. The van der Waals surface area contributed by atoms with Gasteiger partial charge in [-0.3, -0.25) is 4.79 Å². The van der Waals surface area contributed by atoms with Crippen molar-refractivity contribution in [3.05, 3.63) is 101 Å². The van der Waals surface area contributed by atoms with Crippen LogP contribution < -0.4 is 9.80 Å². The van der Waals surface area contributed by atoms with E-state index >= 15 is 0 Å². The lowest BCUT2D eigenvalue weighted by atomic mass is 10.1. The molecule has 164 valence electrons. The summed E-state index contributed by atoms with van der Waals surface area (Å²) in [7, 11) is 0. The highest BCUT2D eigenvalue weighted by molar-refractivity contribution is 6.01. The SMILES string of the molecule is N#CC(=Cc1ccc(N2Cc3ccccc3C2)cc1)C(=O)N1CCN(c2ccccc2)CC1. The first kappa shape index (κ1) is 20.8. The Morgan fingerprint density at radius 2 is 1.30 bits per heavy atom. The highest BCUT2D eigenvalue weighted by atomic mass is 16.2. The second-order valence-corrected chi connectivity index (χ2v) is 8.50. The summed E-state index contributed by atoms with van der Waals surface area (Å²) in [6.45, 7) is 4.57. The molecule has 1 amide bonds. The summed E-state index contributed by atoms with van der Waals surface area (Å²) in [6.07, 6.45) is 1.70. The number of nitrogens with zero attached hydrogens (tertiary/aromatic N) is 4. The van der Waals surface area contributed by atoms with Crippen molar-refractivity contribution >= 4 is 23.4 Å². The average molecular weight is 435 g/mol. The zero-order valence-corrected chi connectivity index (χ0v) is 18.5. The number of carbonyl (C=O) groups excluding carboxylic acids is 1. The molecule has 5 rings (SSSR count). The molecule has 0 radical (unpaired) electrons. The summed E-state index contributed by atoms with van der Waals surface area (Å²) in [5.74, 6) is -0.190. The summed E-state index contributed by atoms with van der Waals surface area (Å²) in [6, 6.07) is 29.0. The van der Waals surface area contributed by atoms with Gasteiger partial charge in [-0.1, -0.05) is 54.6 Å². The van der Waals surface area contributed by atoms with Crippen molar-refractivity contribution in [3.8, 4) is 6.07 Å². The third kappa shape index (κ3) is 4.47. The first-order chi connectivity index (χ1) is 16.2. The maximum absolute atomic E-state index is 13.0. The summed E-state index contributed by atoms with van der Waals surface area (Å²) in [4.78, 5) is 19.4. The molecule has 2 aliphatic heterocycles. The Labute approximate surface area is 194 Å². The van der Waals surface area contributed by atoms with Gasteiger partial charge < -0.3 is 14.7 Å². The predicted molar refractivity (Wildman–Crippen MR) is 132 cm³/mol. The molecule has 0 saturated carbocycles. The maximum Gasteiger partial charge on any atom is 0.264 e. The molecule has 1 saturated heterocycles. The fourth-order valence-corrected chi connectivity index (χ4v) is 4.58. The van der Waals surface area contributed by atoms with Gasteiger partial charge in [0.1, 0.15) is 11.6 Å². The number of rotatable bonds is 4. The van der Waals surface area contributed by atoms with E-state index in [1.54, 1.807) is 11.0 Å². The van der Waals surface area contributed by atoms with E-state index in [1.807, 2.05) is 30.3 Å². The van der Waals surface area contributed by atoms with Gasteiger partial charge in [0.2, 0.25) is 0 Å². The molecular formula is C28H26N4O. The highest BCUT2D eigenvalue weighted by Gasteiger charge is 2.24. The number of hydrogen-bond acceptors (Lipinski definition) is 4. The van der Waals surface area contributed by atoms with Gasteiger partial charge in [0.25, 0.3) is 5.91 Å². The van der Waals surface area contributed by atoms with Gasteiger partial charge in [-0.25, -0.2) is 0 Å². The fourth-order valence-electron chi connectivity index (χ4n) is 4.58. The normalized spacial score (nSPS) is 15.8. The van der Waals surface area contributed by atoms with Gasteiger partial charge in [0.15, 0.2) is 0 Å². The molecule has 5 heteroatoms. The minimum Gasteiger partial charge on any atom is -0.368 e. The Morgan fingerprint density at radius 1 is 0.727 bits per heavy atom. The Kier molecular flexibility index (Phi) is 5.82. The van der Waals surface area contributed by atoms with Gasteiger partial charge in [0, 0.05) is 50.6 Å². The number of carbonyl (C=O) groups is 1. The van der Waals surface area contributed by atoms with Crippen molar-refractivity contribution in [1.82, 2.24) is 4.90 Å². The topological polar surface area (TPSA) is 50.6 Å². The molecule has 3 aromatic rings. The summed E-state index contributed by atoms with van der Waals surface area (Å²) < 4.78 is 0. The van der Waals surface area contributed by atoms with E-state index in [0.717, 1.165) is 37.4 Å². The van der Waals surface area contributed by atoms with Crippen LogP contribution in [0, 0.1) is 11.3 Å². The first-order valence-electron chi connectivity index (χ1n) is 11.3. The molecular weight excluding hydrogens is 408 g/mol. The van der Waals surface area contributed by atoms with Crippen molar-refractivity contribution in [2.24, 2.45) is 0 Å². The fraction of sp³-hybridized carbons (Fsp3) is 0.214. The molecule has 0 spiro atoms. The van der Waals surface area contributed by atoms with E-state index in [0.29, 0.717) is 13.1 Å². The van der Waals surface area contributed by atoms with Gasteiger partial charge >= 0.3 is 0 Å². The van der Waals surface area contributed by atoms with E-state index in [2.05, 4.69) is 64.4 Å². The van der Waals surface area contributed by atoms with Crippen LogP contribution in [0.5, 0.6) is 0 Å². The van der Waals surface area contributed by atoms with E-state index in [9.17, 15) is 10.1 Å². The maximum atomic E-state index is 13.0. The number of piperazine rings is 1. The third-order valence-corrected chi connectivity index (χ3v) is 6.45. The number of para-hydroxylation sites is 1. The lowest BCUT2D eigenvalue weighted by Crippen LogP contribution is -2.49. The zero-order chi connectivity index (χ0) is 22.6. The van der Waals surface area contributed by atoms with Crippen molar-refractivity contribution in [2.75, 3.05) is 36.0 Å². The molecule has 0 bridgehead atoms. The number of anilines is 2. The molecule has 1 fully saturated rings. The molecule has 5 nitrogen and oxygen atoms in total. The largest absolute Gasteiger partial charge is 0.368 e. The van der Waals surface area contributed by atoms with Gasteiger partial charge in [-0.2, -0.15) is 5.26 Å². The smallest absolute Gasteiger partial charge is 0.264 e. The van der Waals surface area contributed by atoms with Crippen LogP contribution in [0.15, 0.2) is 84.4 Å².